The Bertz CT molecular complexity index is 367. The molecule has 2 rings (SSSR count). The van der Waals surface area contributed by atoms with E-state index >= 15 is 0 Å². The SMILES string of the molecule is Cc1cc(Cl)ccc1C(=O)CC1CC1. The summed E-state index contributed by atoms with van der Waals surface area (Å²) in [6, 6.07) is 5.47. The molecule has 14 heavy (non-hydrogen) atoms. The van der Waals surface area contributed by atoms with Crippen LogP contribution in [0.15, 0.2) is 18.2 Å². The molecule has 1 aliphatic carbocycles. The van der Waals surface area contributed by atoms with E-state index in [-0.39, 0.29) is 5.78 Å². The lowest BCUT2D eigenvalue weighted by Gasteiger charge is -2.04. The van der Waals surface area contributed by atoms with Gasteiger partial charge in [0, 0.05) is 17.0 Å². The standard InChI is InChI=1S/C12H13ClO/c1-8-6-10(13)4-5-11(8)12(14)7-9-2-3-9/h4-6,9H,2-3,7H2,1H3. The third kappa shape index (κ3) is 2.16. The molecule has 0 unspecified atom stereocenters. The molecule has 2 heteroatoms. The Balaban J connectivity index is 2.17. The van der Waals surface area contributed by atoms with Gasteiger partial charge < -0.3 is 0 Å². The smallest absolute Gasteiger partial charge is 0.163 e. The molecule has 1 aromatic carbocycles. The monoisotopic (exact) mass is 208 g/mol. The number of hydrogen-bond acceptors (Lipinski definition) is 1. The number of carbonyl (C=O) groups excluding carboxylic acids is 1. The Labute approximate surface area is 89.1 Å². The van der Waals surface area contributed by atoms with Crippen LogP contribution in [0.25, 0.3) is 0 Å². The number of carbonyl (C=O) groups is 1. The van der Waals surface area contributed by atoms with E-state index in [1.54, 1.807) is 6.07 Å². The largest absolute Gasteiger partial charge is 0.294 e. The van der Waals surface area contributed by atoms with Crippen LogP contribution < -0.4 is 0 Å². The fourth-order valence-corrected chi connectivity index (χ4v) is 1.86. The van der Waals surface area contributed by atoms with E-state index in [2.05, 4.69) is 0 Å². The lowest BCUT2D eigenvalue weighted by Crippen LogP contribution is -2.02. The van der Waals surface area contributed by atoms with Crippen LogP contribution in [0.3, 0.4) is 0 Å². The van der Waals surface area contributed by atoms with Gasteiger partial charge in [-0.1, -0.05) is 11.6 Å². The summed E-state index contributed by atoms with van der Waals surface area (Å²) < 4.78 is 0. The first-order valence-electron chi connectivity index (χ1n) is 4.96. The molecule has 1 aromatic rings. The second kappa shape index (κ2) is 3.74. The van der Waals surface area contributed by atoms with Crippen molar-refractivity contribution in [3.05, 3.63) is 34.3 Å². The molecule has 1 nitrogen and oxygen atoms in total. The van der Waals surface area contributed by atoms with Crippen molar-refractivity contribution in [1.82, 2.24) is 0 Å². The van der Waals surface area contributed by atoms with Crippen molar-refractivity contribution in [2.75, 3.05) is 0 Å². The highest BCUT2D eigenvalue weighted by molar-refractivity contribution is 6.30. The molecule has 1 fully saturated rings. The molecule has 0 aromatic heterocycles. The lowest BCUT2D eigenvalue weighted by molar-refractivity contribution is 0.0975. The Morgan fingerprint density at radius 3 is 2.79 bits per heavy atom. The second-order valence-electron chi connectivity index (χ2n) is 4.03. The van der Waals surface area contributed by atoms with E-state index in [0.717, 1.165) is 11.1 Å². The molecule has 0 aliphatic heterocycles. The summed E-state index contributed by atoms with van der Waals surface area (Å²) in [6.07, 6.45) is 3.15. The van der Waals surface area contributed by atoms with Crippen LogP contribution in [0.5, 0.6) is 0 Å². The van der Waals surface area contributed by atoms with Crippen molar-refractivity contribution in [2.45, 2.75) is 26.2 Å². The fraction of sp³-hybridized carbons (Fsp3) is 0.417. The summed E-state index contributed by atoms with van der Waals surface area (Å²) in [5, 5.41) is 0.700. The average molecular weight is 209 g/mol. The average Bonchev–Trinajstić information content (AvgIpc) is 2.87. The Morgan fingerprint density at radius 1 is 1.50 bits per heavy atom. The maximum atomic E-state index is 11.8. The summed E-state index contributed by atoms with van der Waals surface area (Å²) >= 11 is 5.83. The Hall–Kier alpha value is -0.820. The van der Waals surface area contributed by atoms with E-state index in [0.29, 0.717) is 17.4 Å². The minimum Gasteiger partial charge on any atom is -0.294 e. The molecule has 0 saturated heterocycles. The molecular formula is C12H13ClO. The summed E-state index contributed by atoms with van der Waals surface area (Å²) in [7, 11) is 0. The van der Waals surface area contributed by atoms with Gasteiger partial charge in [0.25, 0.3) is 0 Å². The summed E-state index contributed by atoms with van der Waals surface area (Å²) in [4.78, 5) is 11.8. The van der Waals surface area contributed by atoms with E-state index in [9.17, 15) is 4.79 Å². The van der Waals surface area contributed by atoms with Crippen LogP contribution in [0.4, 0.5) is 0 Å². The quantitative estimate of drug-likeness (QED) is 0.694. The van der Waals surface area contributed by atoms with Crippen LogP contribution >= 0.6 is 11.6 Å². The van der Waals surface area contributed by atoms with Gasteiger partial charge in [-0.2, -0.15) is 0 Å². The zero-order valence-corrected chi connectivity index (χ0v) is 8.97. The number of ketones is 1. The highest BCUT2D eigenvalue weighted by Gasteiger charge is 2.25. The molecule has 0 N–H and O–H groups in total. The minimum absolute atomic E-state index is 0.265. The third-order valence-corrected chi connectivity index (χ3v) is 2.89. The van der Waals surface area contributed by atoms with Crippen LogP contribution in [0.1, 0.15) is 35.2 Å². The van der Waals surface area contributed by atoms with Crippen LogP contribution in [-0.4, -0.2) is 5.78 Å². The van der Waals surface area contributed by atoms with Crippen LogP contribution in [-0.2, 0) is 0 Å². The molecule has 0 heterocycles. The topological polar surface area (TPSA) is 17.1 Å². The van der Waals surface area contributed by atoms with Gasteiger partial charge in [0.05, 0.1) is 0 Å². The van der Waals surface area contributed by atoms with Gasteiger partial charge in [-0.05, 0) is 49.4 Å². The van der Waals surface area contributed by atoms with Gasteiger partial charge in [-0.25, -0.2) is 0 Å². The minimum atomic E-state index is 0.265. The molecule has 1 saturated carbocycles. The molecule has 0 amide bonds. The highest BCUT2D eigenvalue weighted by Crippen LogP contribution is 2.34. The number of benzene rings is 1. The first-order valence-corrected chi connectivity index (χ1v) is 5.34. The maximum Gasteiger partial charge on any atom is 0.163 e. The second-order valence-corrected chi connectivity index (χ2v) is 4.47. The number of hydrogen-bond donors (Lipinski definition) is 0. The lowest BCUT2D eigenvalue weighted by atomic mass is 10.0. The van der Waals surface area contributed by atoms with Gasteiger partial charge in [0.1, 0.15) is 0 Å². The number of halogens is 1. The number of aryl methyl sites for hydroxylation is 1. The van der Waals surface area contributed by atoms with E-state index in [1.165, 1.54) is 12.8 Å². The Morgan fingerprint density at radius 2 is 2.21 bits per heavy atom. The number of Topliss-reactive ketones (excluding diaryl/α,β-unsaturated/α-hetero) is 1. The van der Waals surface area contributed by atoms with E-state index in [1.807, 2.05) is 19.1 Å². The molecule has 0 radical (unpaired) electrons. The van der Waals surface area contributed by atoms with Crippen molar-refractivity contribution in [2.24, 2.45) is 5.92 Å². The first kappa shape index (κ1) is 9.72. The van der Waals surface area contributed by atoms with Crippen molar-refractivity contribution in [1.29, 1.82) is 0 Å². The maximum absolute atomic E-state index is 11.8. The predicted molar refractivity (Wildman–Crippen MR) is 57.9 cm³/mol. The molecule has 0 bridgehead atoms. The van der Waals surface area contributed by atoms with Gasteiger partial charge in [-0.3, -0.25) is 4.79 Å². The van der Waals surface area contributed by atoms with Crippen molar-refractivity contribution < 1.29 is 4.79 Å². The Kier molecular flexibility index (Phi) is 2.60. The highest BCUT2D eigenvalue weighted by atomic mass is 35.5. The predicted octanol–water partition coefficient (Wildman–Crippen LogP) is 3.63. The van der Waals surface area contributed by atoms with E-state index < -0.39 is 0 Å². The normalized spacial score (nSPS) is 15.6. The summed E-state index contributed by atoms with van der Waals surface area (Å²) in [5.41, 5.74) is 1.82. The van der Waals surface area contributed by atoms with E-state index in [4.69, 9.17) is 11.6 Å². The summed E-state index contributed by atoms with van der Waals surface area (Å²) in [6.45, 7) is 1.94. The fourth-order valence-electron chi connectivity index (χ4n) is 1.63. The van der Waals surface area contributed by atoms with Crippen molar-refractivity contribution >= 4 is 17.4 Å². The molecule has 74 valence electrons. The first-order chi connectivity index (χ1) is 6.66. The zero-order valence-electron chi connectivity index (χ0n) is 8.22. The third-order valence-electron chi connectivity index (χ3n) is 2.66. The summed E-state index contributed by atoms with van der Waals surface area (Å²) in [5.74, 6) is 0.916. The van der Waals surface area contributed by atoms with Gasteiger partial charge in [0.2, 0.25) is 0 Å². The van der Waals surface area contributed by atoms with Crippen LogP contribution in [0.2, 0.25) is 5.02 Å². The molecule has 0 atom stereocenters. The molecular weight excluding hydrogens is 196 g/mol. The number of rotatable bonds is 3. The molecule has 0 spiro atoms. The van der Waals surface area contributed by atoms with Crippen LogP contribution in [0, 0.1) is 12.8 Å². The van der Waals surface area contributed by atoms with Gasteiger partial charge in [-0.15, -0.1) is 0 Å². The van der Waals surface area contributed by atoms with Gasteiger partial charge in [0.15, 0.2) is 5.78 Å². The van der Waals surface area contributed by atoms with Crippen molar-refractivity contribution in [3.8, 4) is 0 Å². The zero-order chi connectivity index (χ0) is 10.1. The van der Waals surface area contributed by atoms with Gasteiger partial charge >= 0.3 is 0 Å². The van der Waals surface area contributed by atoms with Crippen molar-refractivity contribution in [3.63, 3.8) is 0 Å². The molecule has 1 aliphatic rings.